The molecule has 0 aromatic carbocycles. The first-order chi connectivity index (χ1) is 11.3. The summed E-state index contributed by atoms with van der Waals surface area (Å²) in [4.78, 5) is 14.5. The van der Waals surface area contributed by atoms with Crippen LogP contribution in [0.2, 0.25) is 0 Å². The van der Waals surface area contributed by atoms with Gasteiger partial charge >= 0.3 is 12.2 Å². The van der Waals surface area contributed by atoms with Crippen molar-refractivity contribution in [3.63, 3.8) is 0 Å². The summed E-state index contributed by atoms with van der Waals surface area (Å²) in [5.74, 6) is 0. The van der Waals surface area contributed by atoms with Gasteiger partial charge in [-0.05, 0) is 32.7 Å². The van der Waals surface area contributed by atoms with E-state index in [1.807, 2.05) is 0 Å². The number of aromatic nitrogens is 2. The van der Waals surface area contributed by atoms with Gasteiger partial charge in [-0.25, -0.2) is 4.79 Å². The van der Waals surface area contributed by atoms with E-state index in [9.17, 15) is 18.0 Å². The molecule has 0 saturated carbocycles. The van der Waals surface area contributed by atoms with Crippen LogP contribution in [0.15, 0.2) is 12.4 Å². The van der Waals surface area contributed by atoms with E-state index in [0.29, 0.717) is 12.1 Å². The molecule has 0 radical (unpaired) electrons. The maximum absolute atomic E-state index is 12.3. The zero-order valence-electron chi connectivity index (χ0n) is 13.5. The van der Waals surface area contributed by atoms with Crippen molar-refractivity contribution >= 4 is 11.7 Å². The lowest BCUT2D eigenvalue weighted by atomic mass is 9.82. The molecule has 2 atom stereocenters. The van der Waals surface area contributed by atoms with Crippen LogP contribution in [0.25, 0.3) is 0 Å². The minimum atomic E-state index is -4.34. The highest BCUT2D eigenvalue weighted by Gasteiger charge is 2.36. The van der Waals surface area contributed by atoms with Crippen molar-refractivity contribution in [3.8, 4) is 0 Å². The fraction of sp³-hybridized carbons (Fsp3) is 0.733. The Labute approximate surface area is 138 Å². The normalized spacial score (nSPS) is 27.8. The minimum Gasteiger partial charge on any atom is -0.335 e. The van der Waals surface area contributed by atoms with Gasteiger partial charge in [0.2, 0.25) is 0 Å². The molecule has 0 unspecified atom stereocenters. The third-order valence-corrected chi connectivity index (χ3v) is 4.91. The number of amides is 2. The van der Waals surface area contributed by atoms with Crippen molar-refractivity contribution in [2.24, 2.45) is 0 Å². The summed E-state index contributed by atoms with van der Waals surface area (Å²) in [5, 5.41) is 9.10. The van der Waals surface area contributed by atoms with Crippen LogP contribution >= 0.6 is 0 Å². The predicted octanol–water partition coefficient (Wildman–Crippen LogP) is 2.58. The molecule has 2 N–H and O–H groups in total. The van der Waals surface area contributed by atoms with Crippen molar-refractivity contribution in [1.29, 1.82) is 0 Å². The number of nitrogens with one attached hydrogen (secondary N) is 2. The molecule has 2 aliphatic heterocycles. The number of anilines is 1. The Balaban J connectivity index is 1.51. The number of carbonyl (C=O) groups excluding carboxylic acids is 1. The molecule has 3 rings (SSSR count). The van der Waals surface area contributed by atoms with Crippen LogP contribution < -0.4 is 10.6 Å². The monoisotopic (exact) mass is 345 g/mol. The number of hydrogen-bond acceptors (Lipinski definition) is 3. The van der Waals surface area contributed by atoms with E-state index in [1.165, 1.54) is 18.8 Å². The van der Waals surface area contributed by atoms with Crippen LogP contribution in [0, 0.1) is 0 Å². The third-order valence-electron chi connectivity index (χ3n) is 4.91. The number of piperidine rings is 2. The third kappa shape index (κ3) is 4.19. The quantitative estimate of drug-likeness (QED) is 0.885. The lowest BCUT2D eigenvalue weighted by Gasteiger charge is -2.47. The van der Waals surface area contributed by atoms with Crippen LogP contribution in [0.4, 0.5) is 23.7 Å². The van der Waals surface area contributed by atoms with E-state index in [4.69, 9.17) is 0 Å². The number of nitrogens with zero attached hydrogens (tertiary/aromatic N) is 3. The molecule has 134 valence electrons. The van der Waals surface area contributed by atoms with Gasteiger partial charge in [0.15, 0.2) is 0 Å². The molecule has 1 aromatic rings. The molecule has 2 saturated heterocycles. The van der Waals surface area contributed by atoms with Gasteiger partial charge in [0.1, 0.15) is 6.54 Å². The molecular weight excluding hydrogens is 323 g/mol. The molecular formula is C15H22F3N5O. The molecule has 2 aliphatic rings. The highest BCUT2D eigenvalue weighted by atomic mass is 19.4. The number of rotatable bonds is 3. The van der Waals surface area contributed by atoms with Gasteiger partial charge in [-0.3, -0.25) is 4.68 Å². The standard InChI is InChI=1S/C15H22F3N5O/c1-22-12-3-2-4-13(22)6-10(5-12)20-14(24)21-11-7-19-23(8-11)9-15(16,17)18/h7-8,10,12-13H,2-6,9H2,1H3,(H2,20,21,24)/t12-,13-/m0/s1. The largest absolute Gasteiger partial charge is 0.408 e. The van der Waals surface area contributed by atoms with Crippen LogP contribution in [-0.4, -0.2) is 52.1 Å². The van der Waals surface area contributed by atoms with E-state index in [-0.39, 0.29) is 11.7 Å². The average Bonchev–Trinajstić information content (AvgIpc) is 2.84. The first-order valence-electron chi connectivity index (χ1n) is 8.19. The summed E-state index contributed by atoms with van der Waals surface area (Å²) < 4.78 is 37.7. The smallest absolute Gasteiger partial charge is 0.335 e. The van der Waals surface area contributed by atoms with E-state index >= 15 is 0 Å². The molecule has 1 aromatic heterocycles. The van der Waals surface area contributed by atoms with E-state index < -0.39 is 18.8 Å². The lowest BCUT2D eigenvalue weighted by Crippen LogP contribution is -2.55. The molecule has 24 heavy (non-hydrogen) atoms. The van der Waals surface area contributed by atoms with Gasteiger partial charge in [0.25, 0.3) is 0 Å². The Bertz CT molecular complexity index is 574. The van der Waals surface area contributed by atoms with Crippen LogP contribution in [-0.2, 0) is 6.54 Å². The van der Waals surface area contributed by atoms with Gasteiger partial charge in [0.05, 0.1) is 11.9 Å². The molecule has 0 spiro atoms. The van der Waals surface area contributed by atoms with Crippen LogP contribution in [0.3, 0.4) is 0 Å². The number of fused-ring (bicyclic) bond motifs is 2. The van der Waals surface area contributed by atoms with E-state index in [1.54, 1.807) is 0 Å². The Morgan fingerprint density at radius 1 is 1.33 bits per heavy atom. The van der Waals surface area contributed by atoms with Crippen LogP contribution in [0.1, 0.15) is 32.1 Å². The first-order valence-corrected chi connectivity index (χ1v) is 8.19. The molecule has 2 fully saturated rings. The summed E-state index contributed by atoms with van der Waals surface area (Å²) in [6.07, 6.45) is 3.41. The zero-order chi connectivity index (χ0) is 17.3. The zero-order valence-corrected chi connectivity index (χ0v) is 13.5. The van der Waals surface area contributed by atoms with Crippen molar-refractivity contribution in [2.75, 3.05) is 12.4 Å². The summed E-state index contributed by atoms with van der Waals surface area (Å²) in [7, 11) is 2.14. The summed E-state index contributed by atoms with van der Waals surface area (Å²) in [5.41, 5.74) is 0.255. The van der Waals surface area contributed by atoms with Crippen molar-refractivity contribution < 1.29 is 18.0 Å². The Morgan fingerprint density at radius 2 is 2.00 bits per heavy atom. The molecule has 2 bridgehead atoms. The maximum atomic E-state index is 12.3. The Morgan fingerprint density at radius 3 is 2.62 bits per heavy atom. The highest BCUT2D eigenvalue weighted by Crippen LogP contribution is 2.32. The molecule has 3 heterocycles. The van der Waals surface area contributed by atoms with E-state index in [0.717, 1.165) is 30.4 Å². The topological polar surface area (TPSA) is 62.2 Å². The second kappa shape index (κ2) is 6.62. The highest BCUT2D eigenvalue weighted by molar-refractivity contribution is 5.89. The van der Waals surface area contributed by atoms with Gasteiger partial charge in [-0.2, -0.15) is 18.3 Å². The van der Waals surface area contributed by atoms with Gasteiger partial charge in [0, 0.05) is 24.3 Å². The molecule has 6 nitrogen and oxygen atoms in total. The van der Waals surface area contributed by atoms with Crippen molar-refractivity contribution in [1.82, 2.24) is 20.0 Å². The van der Waals surface area contributed by atoms with Crippen molar-refractivity contribution in [3.05, 3.63) is 12.4 Å². The summed E-state index contributed by atoms with van der Waals surface area (Å²) >= 11 is 0. The number of hydrogen-bond donors (Lipinski definition) is 2. The number of carbonyl (C=O) groups is 1. The Kier molecular flexibility index (Phi) is 4.71. The van der Waals surface area contributed by atoms with E-state index in [2.05, 4.69) is 27.7 Å². The summed E-state index contributed by atoms with van der Waals surface area (Å²) in [6.45, 7) is -1.17. The van der Waals surface area contributed by atoms with Gasteiger partial charge in [-0.1, -0.05) is 6.42 Å². The molecule has 0 aliphatic carbocycles. The second-order valence-corrected chi connectivity index (χ2v) is 6.71. The minimum absolute atomic E-state index is 0.0988. The predicted molar refractivity (Wildman–Crippen MR) is 82.6 cm³/mol. The fourth-order valence-electron chi connectivity index (χ4n) is 3.78. The SMILES string of the molecule is CN1[C@H]2CCC[C@H]1CC(NC(=O)Nc1cnn(CC(F)(F)F)c1)C2. The van der Waals surface area contributed by atoms with Crippen LogP contribution in [0.5, 0.6) is 0 Å². The molecule has 2 amide bonds. The first kappa shape index (κ1) is 17.1. The Hall–Kier alpha value is -1.77. The fourth-order valence-corrected chi connectivity index (χ4v) is 3.78. The van der Waals surface area contributed by atoms with Gasteiger partial charge in [-0.15, -0.1) is 0 Å². The van der Waals surface area contributed by atoms with Crippen molar-refractivity contribution in [2.45, 2.75) is 63.0 Å². The second-order valence-electron chi connectivity index (χ2n) is 6.71. The molecule has 9 heteroatoms. The van der Waals surface area contributed by atoms with Gasteiger partial charge < -0.3 is 15.5 Å². The number of urea groups is 1. The summed E-state index contributed by atoms with van der Waals surface area (Å²) in [6, 6.07) is 0.700. The maximum Gasteiger partial charge on any atom is 0.408 e. The lowest BCUT2D eigenvalue weighted by molar-refractivity contribution is -0.142. The number of alkyl halides is 3. The number of halogens is 3. The average molecular weight is 345 g/mol.